The molecule has 0 unspecified atom stereocenters. The van der Waals surface area contributed by atoms with Gasteiger partial charge in [-0.25, -0.2) is 26.9 Å². The molecule has 0 aliphatic rings. The number of nitrogens with zero attached hydrogens (tertiary/aromatic N) is 1. The molecule has 0 fully saturated rings. The number of alkyl halides is 4. The first kappa shape index (κ1) is 14.6. The Labute approximate surface area is 103 Å². The van der Waals surface area contributed by atoms with E-state index in [1.165, 1.54) is 4.72 Å². The van der Waals surface area contributed by atoms with Crippen molar-refractivity contribution in [3.05, 3.63) is 10.7 Å². The predicted molar refractivity (Wildman–Crippen MR) is 53.3 cm³/mol. The zero-order valence-corrected chi connectivity index (χ0v) is 10.2. The molecule has 1 rings (SSSR count). The van der Waals surface area contributed by atoms with E-state index in [4.69, 9.17) is 11.6 Å². The van der Waals surface area contributed by atoms with Gasteiger partial charge in [0, 0.05) is 0 Å². The van der Waals surface area contributed by atoms with Gasteiger partial charge in [0.05, 0.1) is 12.7 Å². The topological polar surface area (TPSA) is 59.1 Å². The highest BCUT2D eigenvalue weighted by atomic mass is 35.5. The second-order valence-corrected chi connectivity index (χ2v) is 6.43. The molecule has 0 bridgehead atoms. The summed E-state index contributed by atoms with van der Waals surface area (Å²) in [5, 5.41) is 0. The Morgan fingerprint density at radius 3 is 2.53 bits per heavy atom. The molecule has 0 aliphatic carbocycles. The number of halogens is 5. The van der Waals surface area contributed by atoms with Crippen molar-refractivity contribution in [2.24, 2.45) is 0 Å². The molecule has 0 atom stereocenters. The van der Waals surface area contributed by atoms with E-state index in [9.17, 15) is 26.0 Å². The first-order chi connectivity index (χ1) is 7.65. The Morgan fingerprint density at radius 2 is 2.12 bits per heavy atom. The molecule has 1 aromatic rings. The third kappa shape index (κ3) is 3.76. The van der Waals surface area contributed by atoms with Gasteiger partial charge >= 0.3 is 12.3 Å². The number of sulfonamides is 1. The van der Waals surface area contributed by atoms with Crippen LogP contribution in [0.5, 0.6) is 0 Å². The number of hydrogen-bond acceptors (Lipinski definition) is 4. The smallest absolute Gasteiger partial charge is 0.232 e. The highest BCUT2D eigenvalue weighted by Crippen LogP contribution is 2.25. The molecule has 17 heavy (non-hydrogen) atoms. The van der Waals surface area contributed by atoms with Crippen LogP contribution in [0.1, 0.15) is 0 Å². The summed E-state index contributed by atoms with van der Waals surface area (Å²) < 4.78 is 72.0. The van der Waals surface area contributed by atoms with Crippen LogP contribution in [0.3, 0.4) is 0 Å². The molecule has 0 saturated heterocycles. The van der Waals surface area contributed by atoms with Gasteiger partial charge in [-0.2, -0.15) is 8.78 Å². The molecule has 0 amide bonds. The zero-order chi connectivity index (χ0) is 13.3. The van der Waals surface area contributed by atoms with Crippen LogP contribution in [-0.2, 0) is 10.0 Å². The van der Waals surface area contributed by atoms with E-state index in [1.807, 2.05) is 0 Å². The molecule has 1 N–H and O–H groups in total. The lowest BCUT2D eigenvalue weighted by Crippen LogP contribution is -2.41. The standard InChI is InChI=1S/C6H5ClF4N2O2S2/c7-5-12-1-3(16-5)17(14,15)13-2-6(10,11)4(8)9/h1,4,13H,2H2. The summed E-state index contributed by atoms with van der Waals surface area (Å²) in [6.07, 6.45) is -3.11. The molecule has 98 valence electrons. The van der Waals surface area contributed by atoms with Gasteiger partial charge in [-0.05, 0) is 0 Å². The van der Waals surface area contributed by atoms with E-state index in [0.717, 1.165) is 6.20 Å². The van der Waals surface area contributed by atoms with Gasteiger partial charge in [-0.15, -0.1) is 0 Å². The maximum Gasteiger partial charge on any atom is 0.320 e. The van der Waals surface area contributed by atoms with Crippen LogP contribution in [0, 0.1) is 0 Å². The van der Waals surface area contributed by atoms with Gasteiger partial charge in [-0.1, -0.05) is 22.9 Å². The monoisotopic (exact) mass is 312 g/mol. The fourth-order valence-corrected chi connectivity index (χ4v) is 3.08. The molecule has 1 heterocycles. The van der Waals surface area contributed by atoms with E-state index in [-0.39, 0.29) is 4.47 Å². The highest BCUT2D eigenvalue weighted by Gasteiger charge is 2.41. The normalized spacial score (nSPS) is 13.3. The summed E-state index contributed by atoms with van der Waals surface area (Å²) in [6, 6.07) is 0. The Hall–Kier alpha value is -0.450. The molecular formula is C6H5ClF4N2O2S2. The molecule has 0 spiro atoms. The van der Waals surface area contributed by atoms with Crippen LogP contribution in [0.15, 0.2) is 10.4 Å². The fraction of sp³-hybridized carbons (Fsp3) is 0.500. The molecule has 0 aliphatic heterocycles. The van der Waals surface area contributed by atoms with Crippen LogP contribution in [0.2, 0.25) is 4.47 Å². The molecule has 4 nitrogen and oxygen atoms in total. The molecule has 0 saturated carbocycles. The second-order valence-electron chi connectivity index (χ2n) is 2.82. The Bertz CT molecular complexity index is 490. The van der Waals surface area contributed by atoms with Crippen molar-refractivity contribution >= 4 is 33.0 Å². The van der Waals surface area contributed by atoms with Crippen LogP contribution < -0.4 is 4.72 Å². The summed E-state index contributed by atoms with van der Waals surface area (Å²) in [4.78, 5) is 3.39. The van der Waals surface area contributed by atoms with Crippen molar-refractivity contribution in [2.45, 2.75) is 16.6 Å². The fourth-order valence-electron chi connectivity index (χ4n) is 0.703. The van der Waals surface area contributed by atoms with Crippen molar-refractivity contribution < 1.29 is 26.0 Å². The lowest BCUT2D eigenvalue weighted by atomic mass is 10.4. The number of thiazole rings is 1. The lowest BCUT2D eigenvalue weighted by molar-refractivity contribution is -0.122. The third-order valence-corrected chi connectivity index (χ3v) is 4.52. The maximum atomic E-state index is 12.5. The minimum Gasteiger partial charge on any atom is -0.232 e. The number of hydrogen-bond donors (Lipinski definition) is 1. The summed E-state index contributed by atoms with van der Waals surface area (Å²) in [5.41, 5.74) is 0. The Kier molecular flexibility index (Phi) is 4.33. The first-order valence-electron chi connectivity index (χ1n) is 3.92. The van der Waals surface area contributed by atoms with Crippen molar-refractivity contribution in [1.29, 1.82) is 0 Å². The second kappa shape index (κ2) is 5.04. The largest absolute Gasteiger partial charge is 0.320 e. The average molecular weight is 313 g/mol. The van der Waals surface area contributed by atoms with Gasteiger partial charge in [0.2, 0.25) is 0 Å². The van der Waals surface area contributed by atoms with Crippen molar-refractivity contribution in [1.82, 2.24) is 9.71 Å². The van der Waals surface area contributed by atoms with E-state index >= 15 is 0 Å². The van der Waals surface area contributed by atoms with Gasteiger partial charge in [0.25, 0.3) is 10.0 Å². The van der Waals surface area contributed by atoms with Crippen molar-refractivity contribution in [2.75, 3.05) is 6.54 Å². The summed E-state index contributed by atoms with van der Waals surface area (Å²) in [5.74, 6) is -4.43. The predicted octanol–water partition coefficient (Wildman–Crippen LogP) is 1.98. The van der Waals surface area contributed by atoms with Crippen LogP contribution >= 0.6 is 22.9 Å². The van der Waals surface area contributed by atoms with Crippen molar-refractivity contribution in [3.8, 4) is 0 Å². The van der Waals surface area contributed by atoms with E-state index in [1.54, 1.807) is 0 Å². The maximum absolute atomic E-state index is 12.5. The van der Waals surface area contributed by atoms with Gasteiger partial charge in [0.1, 0.15) is 0 Å². The zero-order valence-electron chi connectivity index (χ0n) is 7.83. The summed E-state index contributed by atoms with van der Waals surface area (Å²) in [7, 11) is -4.30. The van der Waals surface area contributed by atoms with Crippen molar-refractivity contribution in [3.63, 3.8) is 0 Å². The summed E-state index contributed by atoms with van der Waals surface area (Å²) in [6.45, 7) is -1.69. The summed E-state index contributed by atoms with van der Waals surface area (Å²) >= 11 is 5.88. The Balaban J connectivity index is 2.76. The minimum atomic E-state index is -4.43. The van der Waals surface area contributed by atoms with Gasteiger partial charge in [0.15, 0.2) is 8.68 Å². The highest BCUT2D eigenvalue weighted by molar-refractivity contribution is 7.91. The number of rotatable bonds is 5. The van der Waals surface area contributed by atoms with Gasteiger partial charge in [-0.3, -0.25) is 0 Å². The quantitative estimate of drug-likeness (QED) is 0.846. The average Bonchev–Trinajstić information content (AvgIpc) is 2.63. The van der Waals surface area contributed by atoms with E-state index in [2.05, 4.69) is 4.98 Å². The third-order valence-electron chi connectivity index (χ3n) is 1.54. The minimum absolute atomic E-state index is 0.106. The van der Waals surface area contributed by atoms with Crippen LogP contribution in [-0.4, -0.2) is 32.3 Å². The Morgan fingerprint density at radius 1 is 1.53 bits per heavy atom. The molecule has 1 aromatic heterocycles. The van der Waals surface area contributed by atoms with E-state index < -0.39 is 33.1 Å². The molecule has 0 aromatic carbocycles. The number of nitrogens with one attached hydrogen (secondary N) is 1. The SMILES string of the molecule is O=S(=O)(NCC(F)(F)C(F)F)c1cnc(Cl)s1. The molecule has 11 heteroatoms. The lowest BCUT2D eigenvalue weighted by Gasteiger charge is -2.15. The first-order valence-corrected chi connectivity index (χ1v) is 6.60. The van der Waals surface area contributed by atoms with Crippen LogP contribution in [0.4, 0.5) is 17.6 Å². The molecule has 0 radical (unpaired) electrons. The van der Waals surface area contributed by atoms with Gasteiger partial charge < -0.3 is 0 Å². The number of aromatic nitrogens is 1. The van der Waals surface area contributed by atoms with Crippen LogP contribution in [0.25, 0.3) is 0 Å². The molecular weight excluding hydrogens is 308 g/mol. The van der Waals surface area contributed by atoms with E-state index in [0.29, 0.717) is 11.3 Å².